The molecule has 1 saturated carbocycles. The predicted octanol–water partition coefficient (Wildman–Crippen LogP) is 3.81. The van der Waals surface area contributed by atoms with Crippen LogP contribution >= 0.6 is 11.8 Å². The number of fused-ring (bicyclic) bond motifs is 3. The lowest BCUT2D eigenvalue weighted by Crippen LogP contribution is -2.51. The van der Waals surface area contributed by atoms with E-state index in [1.165, 1.54) is 11.8 Å². The molecular weight excluding hydrogens is 386 g/mol. The molecule has 3 aliphatic rings. The lowest BCUT2D eigenvalue weighted by Gasteiger charge is -2.45. The van der Waals surface area contributed by atoms with Crippen molar-refractivity contribution < 1.29 is 23.0 Å². The Hall–Kier alpha value is -1.67. The molecule has 152 valence electrons. The number of amidine groups is 1. The minimum absolute atomic E-state index is 0.0685. The van der Waals surface area contributed by atoms with E-state index in [1.807, 2.05) is 12.3 Å². The summed E-state index contributed by atoms with van der Waals surface area (Å²) in [6.07, 6.45) is 6.09. The SMILES string of the molecule is COC1CCC2(CC1)Cc1ccc(OC(F)F)cc1C21N=C(SC)N(C)C1=O. The number of aliphatic imine (C=N–C) groups is 1. The van der Waals surface area contributed by atoms with E-state index in [2.05, 4.69) is 4.74 Å². The van der Waals surface area contributed by atoms with Gasteiger partial charge in [0.1, 0.15) is 5.75 Å². The minimum atomic E-state index is -2.91. The number of benzene rings is 1. The summed E-state index contributed by atoms with van der Waals surface area (Å²) in [5, 5.41) is 0.659. The summed E-state index contributed by atoms with van der Waals surface area (Å²) in [7, 11) is 3.45. The first-order chi connectivity index (χ1) is 13.4. The number of hydrogen-bond donors (Lipinski definition) is 0. The Bertz CT molecular complexity index is 824. The summed E-state index contributed by atoms with van der Waals surface area (Å²) < 4.78 is 35.7. The number of methoxy groups -OCH3 is 1. The molecule has 2 spiro atoms. The van der Waals surface area contributed by atoms with Gasteiger partial charge in [-0.2, -0.15) is 8.78 Å². The van der Waals surface area contributed by atoms with Crippen LogP contribution in [0, 0.1) is 5.41 Å². The van der Waals surface area contributed by atoms with E-state index in [-0.39, 0.29) is 23.2 Å². The maximum atomic E-state index is 13.6. The molecule has 1 atom stereocenters. The Morgan fingerprint density at radius 2 is 2.04 bits per heavy atom. The number of nitrogens with zero attached hydrogens (tertiary/aromatic N) is 2. The molecule has 28 heavy (non-hydrogen) atoms. The highest BCUT2D eigenvalue weighted by molar-refractivity contribution is 8.13. The summed E-state index contributed by atoms with van der Waals surface area (Å²) in [5.74, 6) is -0.0142. The molecule has 1 unspecified atom stereocenters. The number of ether oxygens (including phenoxy) is 2. The molecule has 1 heterocycles. The zero-order valence-electron chi connectivity index (χ0n) is 16.2. The average molecular weight is 410 g/mol. The number of carbonyl (C=O) groups excluding carboxylic acids is 1. The van der Waals surface area contributed by atoms with Crippen molar-refractivity contribution in [3.63, 3.8) is 0 Å². The van der Waals surface area contributed by atoms with Crippen LogP contribution in [-0.4, -0.2) is 49.1 Å². The van der Waals surface area contributed by atoms with E-state index in [1.54, 1.807) is 31.2 Å². The summed E-state index contributed by atoms with van der Waals surface area (Å²) in [6, 6.07) is 4.96. The van der Waals surface area contributed by atoms with Crippen molar-refractivity contribution in [1.82, 2.24) is 4.90 Å². The van der Waals surface area contributed by atoms with Crippen molar-refractivity contribution in [2.75, 3.05) is 20.4 Å². The molecule has 4 rings (SSSR count). The third-order valence-corrected chi connectivity index (χ3v) is 7.29. The van der Waals surface area contributed by atoms with Crippen LogP contribution < -0.4 is 4.74 Å². The van der Waals surface area contributed by atoms with Gasteiger partial charge in [-0.25, -0.2) is 4.99 Å². The second kappa shape index (κ2) is 6.99. The molecule has 1 amide bonds. The summed E-state index contributed by atoms with van der Waals surface area (Å²) in [5.41, 5.74) is 0.263. The Kier molecular flexibility index (Phi) is 4.90. The van der Waals surface area contributed by atoms with Crippen LogP contribution in [0.5, 0.6) is 5.75 Å². The van der Waals surface area contributed by atoms with Gasteiger partial charge in [0, 0.05) is 19.6 Å². The topological polar surface area (TPSA) is 51.1 Å². The van der Waals surface area contributed by atoms with Crippen LogP contribution in [0.25, 0.3) is 0 Å². The maximum Gasteiger partial charge on any atom is 0.387 e. The van der Waals surface area contributed by atoms with E-state index in [0.717, 1.165) is 31.2 Å². The fourth-order valence-electron chi connectivity index (χ4n) is 5.22. The number of carbonyl (C=O) groups is 1. The van der Waals surface area contributed by atoms with Crippen LogP contribution in [0.1, 0.15) is 36.8 Å². The van der Waals surface area contributed by atoms with Gasteiger partial charge < -0.3 is 9.47 Å². The first-order valence-corrected chi connectivity index (χ1v) is 10.6. The van der Waals surface area contributed by atoms with Crippen molar-refractivity contribution in [2.24, 2.45) is 10.4 Å². The first-order valence-electron chi connectivity index (χ1n) is 9.40. The van der Waals surface area contributed by atoms with Crippen molar-refractivity contribution in [1.29, 1.82) is 0 Å². The normalized spacial score (nSPS) is 31.8. The van der Waals surface area contributed by atoms with E-state index in [0.29, 0.717) is 17.2 Å². The van der Waals surface area contributed by atoms with Crippen LogP contribution in [0.3, 0.4) is 0 Å². The van der Waals surface area contributed by atoms with E-state index in [4.69, 9.17) is 9.73 Å². The number of likely N-dealkylation sites (N-methyl/N-ethyl adjacent to an activating group) is 1. The standard InChI is InChI=1S/C20H24F2N2O3S/c1-24-16(25)20(23-18(24)28-3)15-10-14(27-17(21)22)5-4-12(15)11-19(20)8-6-13(26-2)7-9-19/h4-5,10,13,17H,6-9,11H2,1-3H3. The number of rotatable bonds is 3. The number of hydrogen-bond acceptors (Lipinski definition) is 5. The predicted molar refractivity (Wildman–Crippen MR) is 104 cm³/mol. The van der Waals surface area contributed by atoms with Gasteiger partial charge in [-0.3, -0.25) is 9.69 Å². The third-order valence-electron chi connectivity index (χ3n) is 6.56. The average Bonchev–Trinajstić information content (AvgIpc) is 3.09. The highest BCUT2D eigenvalue weighted by Gasteiger charge is 2.66. The van der Waals surface area contributed by atoms with Gasteiger partial charge in [0.2, 0.25) is 0 Å². The quantitative estimate of drug-likeness (QED) is 0.761. The van der Waals surface area contributed by atoms with Crippen molar-refractivity contribution in [3.05, 3.63) is 29.3 Å². The van der Waals surface area contributed by atoms with Crippen molar-refractivity contribution in [2.45, 2.75) is 50.4 Å². The highest BCUT2D eigenvalue weighted by atomic mass is 32.2. The van der Waals surface area contributed by atoms with Gasteiger partial charge >= 0.3 is 6.61 Å². The molecule has 1 aromatic rings. The minimum Gasteiger partial charge on any atom is -0.435 e. The van der Waals surface area contributed by atoms with Crippen LogP contribution in [-0.2, 0) is 21.5 Å². The fourth-order valence-corrected chi connectivity index (χ4v) is 5.80. The summed E-state index contributed by atoms with van der Waals surface area (Å²) in [6.45, 7) is -2.91. The maximum absolute atomic E-state index is 13.6. The smallest absolute Gasteiger partial charge is 0.387 e. The molecule has 0 saturated heterocycles. The largest absolute Gasteiger partial charge is 0.435 e. The highest BCUT2D eigenvalue weighted by Crippen LogP contribution is 2.62. The molecule has 1 fully saturated rings. The van der Waals surface area contributed by atoms with Gasteiger partial charge in [0.25, 0.3) is 5.91 Å². The Morgan fingerprint density at radius 3 is 2.61 bits per heavy atom. The van der Waals surface area contributed by atoms with Gasteiger partial charge in [0.15, 0.2) is 10.7 Å². The molecular formula is C20H24F2N2O3S. The summed E-state index contributed by atoms with van der Waals surface area (Å²) in [4.78, 5) is 20.2. The van der Waals surface area contributed by atoms with E-state index in [9.17, 15) is 13.6 Å². The van der Waals surface area contributed by atoms with Gasteiger partial charge in [0.05, 0.1) is 6.10 Å². The summed E-state index contributed by atoms with van der Waals surface area (Å²) >= 11 is 1.43. The number of halogens is 2. The lowest BCUT2D eigenvalue weighted by molar-refractivity contribution is -0.137. The van der Waals surface area contributed by atoms with Gasteiger partial charge in [-0.05, 0) is 61.6 Å². The van der Waals surface area contributed by atoms with Crippen LogP contribution in [0.15, 0.2) is 23.2 Å². The molecule has 0 aromatic heterocycles. The van der Waals surface area contributed by atoms with Crippen LogP contribution in [0.2, 0.25) is 0 Å². The Labute approximate surface area is 167 Å². The second-order valence-corrected chi connectivity index (χ2v) is 8.54. The molecule has 1 aromatic carbocycles. The molecule has 8 heteroatoms. The number of amides is 1. The molecule has 0 bridgehead atoms. The van der Waals surface area contributed by atoms with E-state index < -0.39 is 12.2 Å². The molecule has 2 aliphatic carbocycles. The zero-order valence-corrected chi connectivity index (χ0v) is 17.0. The second-order valence-electron chi connectivity index (χ2n) is 7.76. The van der Waals surface area contributed by atoms with Crippen LogP contribution in [0.4, 0.5) is 8.78 Å². The Balaban J connectivity index is 1.86. The third kappa shape index (κ3) is 2.68. The lowest BCUT2D eigenvalue weighted by atomic mass is 9.61. The number of thioether (sulfide) groups is 1. The Morgan fingerprint density at radius 1 is 1.32 bits per heavy atom. The van der Waals surface area contributed by atoms with Crippen molar-refractivity contribution in [3.8, 4) is 5.75 Å². The number of alkyl halides is 2. The molecule has 5 nitrogen and oxygen atoms in total. The zero-order chi connectivity index (χ0) is 20.1. The monoisotopic (exact) mass is 410 g/mol. The molecule has 0 radical (unpaired) electrons. The van der Waals surface area contributed by atoms with E-state index >= 15 is 0 Å². The molecule has 0 N–H and O–H groups in total. The van der Waals surface area contributed by atoms with Crippen molar-refractivity contribution >= 4 is 22.8 Å². The van der Waals surface area contributed by atoms with Gasteiger partial charge in [-0.1, -0.05) is 17.8 Å². The molecule has 1 aliphatic heterocycles. The first kappa shape index (κ1) is 19.6. The van der Waals surface area contributed by atoms with Gasteiger partial charge in [-0.15, -0.1) is 0 Å². The fraction of sp³-hybridized carbons (Fsp3) is 0.600.